The number of primary amides is 1. The molecule has 0 saturated carbocycles. The van der Waals surface area contributed by atoms with E-state index in [9.17, 15) is 29.5 Å². The van der Waals surface area contributed by atoms with Gasteiger partial charge in [-0.1, -0.05) is 60.9 Å². The Morgan fingerprint density at radius 2 is 1.62 bits per heavy atom. The van der Waals surface area contributed by atoms with E-state index in [1.165, 1.54) is 22.6 Å². The Morgan fingerprint density at radius 1 is 0.895 bits per heavy atom. The van der Waals surface area contributed by atoms with Crippen LogP contribution in [0.15, 0.2) is 102 Å². The van der Waals surface area contributed by atoms with Crippen molar-refractivity contribution in [3.63, 3.8) is 0 Å². The van der Waals surface area contributed by atoms with E-state index in [0.717, 1.165) is 29.7 Å². The molecule has 23 heteroatoms. The Kier molecular flexibility index (Phi) is 21.5. The van der Waals surface area contributed by atoms with E-state index in [2.05, 4.69) is 68.9 Å². The maximum Gasteiger partial charge on any atom is 0.312 e. The van der Waals surface area contributed by atoms with Crippen LogP contribution in [0.2, 0.25) is 5.02 Å². The van der Waals surface area contributed by atoms with Crippen LogP contribution in [0.1, 0.15) is 99.6 Å². The number of phenols is 1. The summed E-state index contributed by atoms with van der Waals surface area (Å²) >= 11 is 6.78. The number of anilines is 3. The third-order valence-corrected chi connectivity index (χ3v) is 16.2. The van der Waals surface area contributed by atoms with Gasteiger partial charge in [-0.05, 0) is 148 Å². The van der Waals surface area contributed by atoms with Crippen LogP contribution in [0, 0.1) is 31.1 Å². The molecule has 0 aliphatic carbocycles. The predicted molar refractivity (Wildman–Crippen MR) is 331 cm³/mol. The Labute approximate surface area is 506 Å². The summed E-state index contributed by atoms with van der Waals surface area (Å²) in [5, 5.41) is 37.9. The molecule has 0 saturated heterocycles. The molecule has 1 aliphatic rings. The smallest absolute Gasteiger partial charge is 0.312 e. The Hall–Kier alpha value is -9.13. The number of aromatic nitrogens is 2. The van der Waals surface area contributed by atoms with Gasteiger partial charge in [0.05, 0.1) is 31.9 Å². The number of aromatic hydroxyl groups is 1. The Bertz CT molecular complexity index is 3600. The maximum absolute atomic E-state index is 15.4. The second-order valence-corrected chi connectivity index (χ2v) is 23.2. The molecule has 0 spiro atoms. The number of nitrogens with two attached hydrogens (primary N) is 1. The fourth-order valence-corrected chi connectivity index (χ4v) is 11.2. The highest BCUT2D eigenvalue weighted by Gasteiger charge is 2.35. The minimum absolute atomic E-state index is 0.0335. The lowest BCUT2D eigenvalue weighted by atomic mass is 9.90. The third-order valence-electron chi connectivity index (χ3n) is 15.9. The third kappa shape index (κ3) is 15.6. The van der Waals surface area contributed by atoms with Crippen molar-refractivity contribution in [1.82, 2.24) is 35.3 Å². The average Bonchev–Trinajstić information content (AvgIpc) is 2.76. The molecular formula is C63H77ClN15O7+. The first-order valence-corrected chi connectivity index (χ1v) is 28.9. The molecule has 4 aromatic carbocycles. The van der Waals surface area contributed by atoms with Crippen molar-refractivity contribution in [2.24, 2.45) is 30.9 Å². The second-order valence-electron chi connectivity index (χ2n) is 22.8. The standard InChI is InChI=1S/C63H76ClN15O7/c1-38(2)58(73-57(81)35-70-74-67)60(83)72-54(17-12-26-69-63(66)86)59(82)71-46-20-18-43(44(28-46)34-68-5)37-79(8,9)27-13-16-48-29-41-14-10-11-15-42(41)36-77(48)61(84)51-25-19-45(64)30-53(51)56-32-52(39(3)76(56)7)62(85)78(47-21-23-50(80)24-22-47)55-31-49(33-65)75(6)40(55)4/h10-11,14-15,18-25,28,30-32,38,48,54,58,68H,12-13,16-17,26-27,29,34-37H2,1-9H3,(H6-,66,69,71,72,73,80,81,82,83,86)/p+1/t48-,54-,58-/m1/s1. The number of urea groups is 1. The van der Waals surface area contributed by atoms with Crippen molar-refractivity contribution < 1.29 is 38.4 Å². The summed E-state index contributed by atoms with van der Waals surface area (Å²) in [6, 6.07) is 28.1. The molecule has 22 nitrogen and oxygen atoms in total. The van der Waals surface area contributed by atoms with Crippen molar-refractivity contribution in [2.45, 2.75) is 97.6 Å². The van der Waals surface area contributed by atoms with E-state index in [4.69, 9.17) is 22.9 Å². The first-order valence-electron chi connectivity index (χ1n) is 28.5. The van der Waals surface area contributed by atoms with Gasteiger partial charge in [0.25, 0.3) is 11.8 Å². The number of azide groups is 1. The summed E-state index contributed by atoms with van der Waals surface area (Å²) in [4.78, 5) is 88.0. The summed E-state index contributed by atoms with van der Waals surface area (Å²) in [6.07, 6.45) is 2.57. The molecule has 2 aromatic heterocycles. The van der Waals surface area contributed by atoms with Crippen LogP contribution in [-0.2, 0) is 54.5 Å². The fraction of sp³-hybridized carbons (Fsp3) is 0.381. The molecule has 0 fully saturated rings. The van der Waals surface area contributed by atoms with Crippen molar-refractivity contribution in [3.8, 4) is 23.1 Å². The van der Waals surface area contributed by atoms with Gasteiger partial charge in [0.1, 0.15) is 42.7 Å². The number of halogens is 1. The van der Waals surface area contributed by atoms with Crippen LogP contribution < -0.4 is 37.2 Å². The van der Waals surface area contributed by atoms with E-state index in [-0.39, 0.29) is 42.5 Å². The lowest BCUT2D eigenvalue weighted by Crippen LogP contribution is -2.55. The largest absolute Gasteiger partial charge is 0.508 e. The average molecular weight is 1190 g/mol. The lowest BCUT2D eigenvalue weighted by Gasteiger charge is -2.38. The Balaban J connectivity index is 1.09. The number of nitrogens with one attached hydrogen (secondary N) is 5. The summed E-state index contributed by atoms with van der Waals surface area (Å²) < 4.78 is 4.22. The van der Waals surface area contributed by atoms with E-state index in [0.29, 0.717) is 105 Å². The minimum Gasteiger partial charge on any atom is -0.508 e. The van der Waals surface area contributed by atoms with Gasteiger partial charge in [-0.3, -0.25) is 28.9 Å². The molecule has 8 N–H and O–H groups in total. The monoisotopic (exact) mass is 1190 g/mol. The Morgan fingerprint density at radius 3 is 2.28 bits per heavy atom. The highest BCUT2D eigenvalue weighted by molar-refractivity contribution is 6.31. The number of nitrogens with zero attached hydrogens (tertiary/aromatic N) is 9. The van der Waals surface area contributed by atoms with Crippen molar-refractivity contribution in [3.05, 3.63) is 163 Å². The van der Waals surface area contributed by atoms with Crippen LogP contribution in [-0.4, -0.2) is 118 Å². The summed E-state index contributed by atoms with van der Waals surface area (Å²) in [5.41, 5.74) is 23.3. The second kappa shape index (κ2) is 28.6. The zero-order valence-electron chi connectivity index (χ0n) is 50.2. The minimum atomic E-state index is -1.06. The molecular weight excluding hydrogens is 1110 g/mol. The topological polar surface area (TPSA) is 298 Å². The predicted octanol–water partition coefficient (Wildman–Crippen LogP) is 8.52. The molecule has 7 amide bonds. The number of amides is 7. The number of rotatable bonds is 25. The molecule has 86 heavy (non-hydrogen) atoms. The first-order chi connectivity index (χ1) is 40.9. The molecule has 7 rings (SSSR count). The van der Waals surface area contributed by atoms with Crippen LogP contribution in [0.25, 0.3) is 21.7 Å². The van der Waals surface area contributed by atoms with Gasteiger partial charge in [0.2, 0.25) is 17.7 Å². The van der Waals surface area contributed by atoms with Gasteiger partial charge in [-0.2, -0.15) is 5.26 Å². The molecule has 0 radical (unpaired) electrons. The zero-order valence-corrected chi connectivity index (χ0v) is 51.0. The van der Waals surface area contributed by atoms with Gasteiger partial charge in [-0.15, -0.1) is 0 Å². The quantitative estimate of drug-likeness (QED) is 0.00949. The number of phenolic OH excluding ortho intramolecular Hbond substituents is 1. The number of fused-ring (bicyclic) bond motifs is 1. The van der Waals surface area contributed by atoms with Crippen molar-refractivity contribution in [1.29, 1.82) is 5.26 Å². The normalized spacial score (nSPS) is 13.6. The summed E-state index contributed by atoms with van der Waals surface area (Å²) in [5.74, 6) is -2.65. The number of hydrogen-bond acceptors (Lipinski definition) is 10. The maximum atomic E-state index is 15.4. The first kappa shape index (κ1) is 64.4. The van der Waals surface area contributed by atoms with E-state index >= 15 is 9.59 Å². The van der Waals surface area contributed by atoms with Gasteiger partial charge in [-0.25, -0.2) is 4.79 Å². The fourth-order valence-electron chi connectivity index (χ4n) is 11.1. The van der Waals surface area contributed by atoms with Crippen molar-refractivity contribution in [2.75, 3.05) is 51.0 Å². The van der Waals surface area contributed by atoms with Crippen LogP contribution in [0.5, 0.6) is 5.75 Å². The molecule has 452 valence electrons. The van der Waals surface area contributed by atoms with Gasteiger partial charge < -0.3 is 55.9 Å². The zero-order chi connectivity index (χ0) is 62.6. The molecule has 3 atom stereocenters. The number of benzene rings is 4. The molecule has 1 aliphatic heterocycles. The van der Waals surface area contributed by atoms with Gasteiger partial charge >= 0.3 is 6.03 Å². The van der Waals surface area contributed by atoms with Crippen LogP contribution >= 0.6 is 11.6 Å². The van der Waals surface area contributed by atoms with E-state index in [1.807, 2.05) is 67.7 Å². The summed E-state index contributed by atoms with van der Waals surface area (Å²) in [6.45, 7) is 9.09. The highest BCUT2D eigenvalue weighted by Crippen LogP contribution is 2.38. The number of carbonyl (C=O) groups excluding carboxylic acids is 6. The van der Waals surface area contributed by atoms with Crippen LogP contribution in [0.4, 0.5) is 21.9 Å². The number of hydrogen-bond donors (Lipinski definition) is 7. The molecule has 3 heterocycles. The van der Waals surface area contributed by atoms with E-state index in [1.54, 1.807) is 67.9 Å². The van der Waals surface area contributed by atoms with Gasteiger partial charge in [0.15, 0.2) is 0 Å². The SMILES string of the molecule is CNCc1cc(NC(=O)[C@@H](CCCNC(N)=O)NC(=O)[C@H](NC(=O)CN=[N+]=[N-])C(C)C)ccc1C[N+](C)(C)CCC[C@@H]1Cc2ccccc2CN1C(=O)c1ccc(Cl)cc1-c1cc(C(=O)N(c2ccc(O)cc2)c2cc(C#N)n(C)c2C)c(C)n1C. The van der Waals surface area contributed by atoms with Crippen molar-refractivity contribution >= 4 is 64.2 Å². The molecule has 0 bridgehead atoms. The summed E-state index contributed by atoms with van der Waals surface area (Å²) in [7, 11) is 9.78. The van der Waals surface area contributed by atoms with Gasteiger partial charge in [0, 0.05) is 94.9 Å². The molecule has 6 aromatic rings. The van der Waals surface area contributed by atoms with Crippen LogP contribution in [0.3, 0.4) is 0 Å². The highest BCUT2D eigenvalue weighted by atomic mass is 35.5. The lowest BCUT2D eigenvalue weighted by molar-refractivity contribution is -0.903. The molecule has 0 unspecified atom stereocenters. The number of carbonyl (C=O) groups is 6. The number of quaternary nitrogens is 1. The number of nitriles is 1. The van der Waals surface area contributed by atoms with E-state index < -0.39 is 42.4 Å².